The van der Waals surface area contributed by atoms with Crippen LogP contribution in [0, 0.1) is 13.8 Å². The summed E-state index contributed by atoms with van der Waals surface area (Å²) >= 11 is 5.87. The standard InChI is InChI=1S/C14H13Cl/c1-10-3-4-11(2)14(9-10)12-5-7-13(15)8-6-12/h3-9H,1-2H3. The molecule has 0 fully saturated rings. The van der Waals surface area contributed by atoms with Crippen molar-refractivity contribution in [3.63, 3.8) is 0 Å². The lowest BCUT2D eigenvalue weighted by molar-refractivity contribution is 1.39. The molecule has 15 heavy (non-hydrogen) atoms. The summed E-state index contributed by atoms with van der Waals surface area (Å²) in [5, 5.41) is 0.782. The fourth-order valence-electron chi connectivity index (χ4n) is 1.68. The van der Waals surface area contributed by atoms with E-state index in [2.05, 4.69) is 44.2 Å². The highest BCUT2D eigenvalue weighted by atomic mass is 35.5. The fourth-order valence-corrected chi connectivity index (χ4v) is 1.80. The lowest BCUT2D eigenvalue weighted by Crippen LogP contribution is -1.84. The Morgan fingerprint density at radius 2 is 1.53 bits per heavy atom. The van der Waals surface area contributed by atoms with E-state index in [1.807, 2.05) is 12.1 Å². The van der Waals surface area contributed by atoms with Crippen LogP contribution in [0.1, 0.15) is 11.1 Å². The molecule has 0 saturated heterocycles. The van der Waals surface area contributed by atoms with E-state index in [1.165, 1.54) is 22.3 Å². The zero-order chi connectivity index (χ0) is 10.8. The second kappa shape index (κ2) is 4.08. The zero-order valence-corrected chi connectivity index (χ0v) is 9.68. The van der Waals surface area contributed by atoms with Gasteiger partial charge in [0.05, 0.1) is 0 Å². The maximum Gasteiger partial charge on any atom is 0.0406 e. The normalized spacial score (nSPS) is 10.3. The molecule has 0 nitrogen and oxygen atoms in total. The Morgan fingerprint density at radius 3 is 2.20 bits per heavy atom. The van der Waals surface area contributed by atoms with Crippen LogP contribution in [-0.4, -0.2) is 0 Å². The molecule has 0 spiro atoms. The van der Waals surface area contributed by atoms with Crippen molar-refractivity contribution in [2.45, 2.75) is 13.8 Å². The summed E-state index contributed by atoms with van der Waals surface area (Å²) in [5.74, 6) is 0. The number of hydrogen-bond acceptors (Lipinski definition) is 0. The molecule has 0 aromatic heterocycles. The zero-order valence-electron chi connectivity index (χ0n) is 8.92. The monoisotopic (exact) mass is 216 g/mol. The van der Waals surface area contributed by atoms with Crippen molar-refractivity contribution in [2.24, 2.45) is 0 Å². The van der Waals surface area contributed by atoms with Crippen LogP contribution in [0.3, 0.4) is 0 Å². The van der Waals surface area contributed by atoms with E-state index < -0.39 is 0 Å². The van der Waals surface area contributed by atoms with Crippen LogP contribution >= 0.6 is 11.6 Å². The lowest BCUT2D eigenvalue weighted by atomic mass is 9.99. The van der Waals surface area contributed by atoms with E-state index in [4.69, 9.17) is 11.6 Å². The van der Waals surface area contributed by atoms with Crippen molar-refractivity contribution in [1.82, 2.24) is 0 Å². The Bertz CT molecular complexity index is 469. The molecule has 2 aromatic carbocycles. The molecular formula is C14H13Cl. The largest absolute Gasteiger partial charge is 0.0843 e. The molecule has 0 aliphatic carbocycles. The average molecular weight is 217 g/mol. The number of benzene rings is 2. The van der Waals surface area contributed by atoms with Crippen molar-refractivity contribution in [1.29, 1.82) is 0 Å². The Labute approximate surface area is 95.5 Å². The van der Waals surface area contributed by atoms with Crippen LogP contribution < -0.4 is 0 Å². The molecule has 2 rings (SSSR count). The Kier molecular flexibility index (Phi) is 2.79. The van der Waals surface area contributed by atoms with Gasteiger partial charge in [0.15, 0.2) is 0 Å². The first-order valence-electron chi connectivity index (χ1n) is 5.00. The lowest BCUT2D eigenvalue weighted by Gasteiger charge is -2.07. The second-order valence-corrected chi connectivity index (χ2v) is 4.26. The van der Waals surface area contributed by atoms with Crippen LogP contribution in [0.5, 0.6) is 0 Å². The molecule has 0 N–H and O–H groups in total. The van der Waals surface area contributed by atoms with Gasteiger partial charge >= 0.3 is 0 Å². The van der Waals surface area contributed by atoms with Gasteiger partial charge in [-0.25, -0.2) is 0 Å². The number of halogens is 1. The quantitative estimate of drug-likeness (QED) is 0.652. The molecule has 0 bridgehead atoms. The van der Waals surface area contributed by atoms with E-state index in [-0.39, 0.29) is 0 Å². The first-order valence-corrected chi connectivity index (χ1v) is 5.38. The molecule has 0 aliphatic heterocycles. The smallest absolute Gasteiger partial charge is 0.0406 e. The highest BCUT2D eigenvalue weighted by molar-refractivity contribution is 6.30. The van der Waals surface area contributed by atoms with Gasteiger partial charge in [0, 0.05) is 5.02 Å². The van der Waals surface area contributed by atoms with Gasteiger partial charge in [-0.05, 0) is 42.7 Å². The van der Waals surface area contributed by atoms with Crippen molar-refractivity contribution in [2.75, 3.05) is 0 Å². The number of aryl methyl sites for hydroxylation is 2. The van der Waals surface area contributed by atoms with Crippen molar-refractivity contribution in [3.8, 4) is 11.1 Å². The summed E-state index contributed by atoms with van der Waals surface area (Å²) in [6, 6.07) is 14.5. The summed E-state index contributed by atoms with van der Waals surface area (Å²) in [7, 11) is 0. The molecule has 0 atom stereocenters. The number of hydrogen-bond donors (Lipinski definition) is 0. The summed E-state index contributed by atoms with van der Waals surface area (Å²) in [6.45, 7) is 4.24. The van der Waals surface area contributed by atoms with Crippen LogP contribution in [0.15, 0.2) is 42.5 Å². The topological polar surface area (TPSA) is 0 Å². The maximum absolute atomic E-state index is 5.87. The SMILES string of the molecule is Cc1ccc(C)c(-c2ccc(Cl)cc2)c1. The highest BCUT2D eigenvalue weighted by Crippen LogP contribution is 2.25. The van der Waals surface area contributed by atoms with Gasteiger partial charge in [0.25, 0.3) is 0 Å². The molecule has 0 aliphatic rings. The Balaban J connectivity index is 2.53. The third-order valence-electron chi connectivity index (χ3n) is 2.55. The van der Waals surface area contributed by atoms with Crippen LogP contribution in [-0.2, 0) is 0 Å². The van der Waals surface area contributed by atoms with Crippen LogP contribution in [0.25, 0.3) is 11.1 Å². The average Bonchev–Trinajstić information content (AvgIpc) is 2.23. The van der Waals surface area contributed by atoms with E-state index in [9.17, 15) is 0 Å². The summed E-state index contributed by atoms with van der Waals surface area (Å²) < 4.78 is 0. The van der Waals surface area contributed by atoms with Crippen molar-refractivity contribution < 1.29 is 0 Å². The molecule has 0 saturated carbocycles. The molecule has 2 aromatic rings. The molecular weight excluding hydrogens is 204 g/mol. The highest BCUT2D eigenvalue weighted by Gasteiger charge is 2.01. The van der Waals surface area contributed by atoms with Gasteiger partial charge in [0.1, 0.15) is 0 Å². The van der Waals surface area contributed by atoms with Crippen LogP contribution in [0.2, 0.25) is 5.02 Å². The summed E-state index contributed by atoms with van der Waals surface area (Å²) in [6.07, 6.45) is 0. The minimum Gasteiger partial charge on any atom is -0.0843 e. The molecule has 0 amide bonds. The summed E-state index contributed by atoms with van der Waals surface area (Å²) in [4.78, 5) is 0. The predicted octanol–water partition coefficient (Wildman–Crippen LogP) is 4.62. The van der Waals surface area contributed by atoms with E-state index >= 15 is 0 Å². The molecule has 0 radical (unpaired) electrons. The van der Waals surface area contributed by atoms with Gasteiger partial charge in [-0.2, -0.15) is 0 Å². The third-order valence-corrected chi connectivity index (χ3v) is 2.80. The Hall–Kier alpha value is -1.27. The molecule has 76 valence electrons. The van der Waals surface area contributed by atoms with E-state index in [1.54, 1.807) is 0 Å². The first-order chi connectivity index (χ1) is 7.16. The van der Waals surface area contributed by atoms with Gasteiger partial charge in [-0.1, -0.05) is 47.5 Å². The first kappa shape index (κ1) is 10.3. The van der Waals surface area contributed by atoms with Gasteiger partial charge in [0.2, 0.25) is 0 Å². The third kappa shape index (κ3) is 2.21. The van der Waals surface area contributed by atoms with E-state index in [0.717, 1.165) is 5.02 Å². The maximum atomic E-state index is 5.87. The van der Waals surface area contributed by atoms with Crippen LogP contribution in [0.4, 0.5) is 0 Å². The Morgan fingerprint density at radius 1 is 0.867 bits per heavy atom. The minimum absolute atomic E-state index is 0.782. The molecule has 1 heteroatoms. The van der Waals surface area contributed by atoms with Gasteiger partial charge in [-0.15, -0.1) is 0 Å². The minimum atomic E-state index is 0.782. The number of rotatable bonds is 1. The summed E-state index contributed by atoms with van der Waals surface area (Å²) in [5.41, 5.74) is 5.08. The molecule has 0 heterocycles. The second-order valence-electron chi connectivity index (χ2n) is 3.83. The van der Waals surface area contributed by atoms with Gasteiger partial charge < -0.3 is 0 Å². The molecule has 0 unspecified atom stereocenters. The van der Waals surface area contributed by atoms with Crippen molar-refractivity contribution >= 4 is 11.6 Å². The predicted molar refractivity (Wildman–Crippen MR) is 66.4 cm³/mol. The van der Waals surface area contributed by atoms with E-state index in [0.29, 0.717) is 0 Å². The fraction of sp³-hybridized carbons (Fsp3) is 0.143. The van der Waals surface area contributed by atoms with Crippen molar-refractivity contribution in [3.05, 3.63) is 58.6 Å². The van der Waals surface area contributed by atoms with Gasteiger partial charge in [-0.3, -0.25) is 0 Å².